The SMILES string of the molecule is C/C=C/[C@@](C)(O)[C@H](O)C1CCCCC1. The molecule has 2 heteroatoms. The van der Waals surface area contributed by atoms with E-state index in [2.05, 4.69) is 0 Å². The molecule has 1 saturated carbocycles. The molecule has 0 saturated heterocycles. The Morgan fingerprint density at radius 1 is 1.29 bits per heavy atom. The molecule has 1 rings (SSSR count). The number of hydrogen-bond donors (Lipinski definition) is 2. The lowest BCUT2D eigenvalue weighted by molar-refractivity contribution is -0.0651. The van der Waals surface area contributed by atoms with Crippen LogP contribution in [0, 0.1) is 5.92 Å². The molecule has 1 aliphatic rings. The number of aliphatic hydroxyl groups is 2. The van der Waals surface area contributed by atoms with Crippen LogP contribution < -0.4 is 0 Å². The molecule has 0 amide bonds. The largest absolute Gasteiger partial charge is 0.390 e. The van der Waals surface area contributed by atoms with Gasteiger partial charge in [-0.15, -0.1) is 0 Å². The normalized spacial score (nSPS) is 26.3. The first kappa shape index (κ1) is 11.7. The van der Waals surface area contributed by atoms with E-state index >= 15 is 0 Å². The highest BCUT2D eigenvalue weighted by Crippen LogP contribution is 2.31. The van der Waals surface area contributed by atoms with E-state index in [1.165, 1.54) is 19.3 Å². The van der Waals surface area contributed by atoms with E-state index in [9.17, 15) is 10.2 Å². The minimum absolute atomic E-state index is 0.273. The molecule has 0 aromatic carbocycles. The van der Waals surface area contributed by atoms with Gasteiger partial charge in [-0.25, -0.2) is 0 Å². The van der Waals surface area contributed by atoms with Crippen LogP contribution in [0.3, 0.4) is 0 Å². The van der Waals surface area contributed by atoms with Crippen LogP contribution in [0.1, 0.15) is 46.0 Å². The predicted molar refractivity (Wildman–Crippen MR) is 58.0 cm³/mol. The molecule has 0 bridgehead atoms. The van der Waals surface area contributed by atoms with Crippen molar-refractivity contribution >= 4 is 0 Å². The first-order chi connectivity index (χ1) is 6.58. The summed E-state index contributed by atoms with van der Waals surface area (Å²) >= 11 is 0. The molecule has 82 valence electrons. The Kier molecular flexibility index (Phi) is 4.14. The maximum Gasteiger partial charge on any atom is 0.106 e. The van der Waals surface area contributed by atoms with Gasteiger partial charge in [0.1, 0.15) is 5.60 Å². The lowest BCUT2D eigenvalue weighted by Crippen LogP contribution is -2.43. The van der Waals surface area contributed by atoms with Crippen molar-refractivity contribution in [2.24, 2.45) is 5.92 Å². The number of allylic oxidation sites excluding steroid dienone is 1. The summed E-state index contributed by atoms with van der Waals surface area (Å²) in [6.45, 7) is 3.55. The first-order valence-electron chi connectivity index (χ1n) is 5.62. The molecule has 1 aliphatic carbocycles. The Labute approximate surface area is 86.6 Å². The predicted octanol–water partition coefficient (Wildman–Crippen LogP) is 2.25. The number of hydrogen-bond acceptors (Lipinski definition) is 2. The van der Waals surface area contributed by atoms with Crippen LogP contribution in [0.25, 0.3) is 0 Å². The van der Waals surface area contributed by atoms with Gasteiger partial charge < -0.3 is 10.2 Å². The third-order valence-corrected chi connectivity index (χ3v) is 3.20. The molecule has 14 heavy (non-hydrogen) atoms. The van der Waals surface area contributed by atoms with Crippen LogP contribution in [0.4, 0.5) is 0 Å². The zero-order chi connectivity index (χ0) is 10.6. The fraction of sp³-hybridized carbons (Fsp3) is 0.833. The maximum atomic E-state index is 10.0. The average molecular weight is 198 g/mol. The molecule has 2 N–H and O–H groups in total. The second-order valence-corrected chi connectivity index (χ2v) is 4.57. The zero-order valence-electron chi connectivity index (χ0n) is 9.24. The van der Waals surface area contributed by atoms with E-state index in [0.29, 0.717) is 0 Å². The van der Waals surface area contributed by atoms with Crippen molar-refractivity contribution in [2.75, 3.05) is 0 Å². The van der Waals surface area contributed by atoms with Gasteiger partial charge in [-0.1, -0.05) is 31.4 Å². The van der Waals surface area contributed by atoms with E-state index in [0.717, 1.165) is 12.8 Å². The third-order valence-electron chi connectivity index (χ3n) is 3.20. The Hall–Kier alpha value is -0.340. The smallest absolute Gasteiger partial charge is 0.106 e. The van der Waals surface area contributed by atoms with Crippen LogP contribution in [0.5, 0.6) is 0 Å². The minimum atomic E-state index is -1.06. The molecule has 0 unspecified atom stereocenters. The summed E-state index contributed by atoms with van der Waals surface area (Å²) in [5.74, 6) is 0.273. The summed E-state index contributed by atoms with van der Waals surface area (Å²) in [5.41, 5.74) is -1.06. The van der Waals surface area contributed by atoms with Crippen molar-refractivity contribution in [3.8, 4) is 0 Å². The summed E-state index contributed by atoms with van der Waals surface area (Å²) < 4.78 is 0. The Morgan fingerprint density at radius 3 is 2.36 bits per heavy atom. The standard InChI is InChI=1S/C12H22O2/c1-3-9-12(2,14)11(13)10-7-5-4-6-8-10/h3,9-11,13-14H,4-8H2,1-2H3/b9-3+/t11-,12-/m1/s1. The Balaban J connectivity index is 2.57. The topological polar surface area (TPSA) is 40.5 Å². The van der Waals surface area contributed by atoms with Crippen molar-refractivity contribution in [1.29, 1.82) is 0 Å². The van der Waals surface area contributed by atoms with Crippen LogP contribution in [-0.4, -0.2) is 21.9 Å². The van der Waals surface area contributed by atoms with E-state index in [-0.39, 0.29) is 5.92 Å². The summed E-state index contributed by atoms with van der Waals surface area (Å²) in [6, 6.07) is 0. The molecule has 0 radical (unpaired) electrons. The monoisotopic (exact) mass is 198 g/mol. The van der Waals surface area contributed by atoms with Crippen molar-refractivity contribution in [1.82, 2.24) is 0 Å². The summed E-state index contributed by atoms with van der Waals surface area (Å²) in [4.78, 5) is 0. The molecule has 0 spiro atoms. The Morgan fingerprint density at radius 2 is 1.86 bits per heavy atom. The van der Waals surface area contributed by atoms with Gasteiger partial charge in [-0.2, -0.15) is 0 Å². The van der Waals surface area contributed by atoms with E-state index in [1.807, 2.05) is 6.92 Å². The van der Waals surface area contributed by atoms with Gasteiger partial charge in [-0.05, 0) is 32.6 Å². The third kappa shape index (κ3) is 2.82. The Bertz CT molecular complexity index is 190. The summed E-state index contributed by atoms with van der Waals surface area (Å²) in [5, 5.41) is 20.0. The molecule has 2 atom stereocenters. The molecule has 1 fully saturated rings. The molecule has 0 aliphatic heterocycles. The van der Waals surface area contributed by atoms with Crippen molar-refractivity contribution < 1.29 is 10.2 Å². The van der Waals surface area contributed by atoms with Crippen molar-refractivity contribution in [2.45, 2.75) is 57.7 Å². The average Bonchev–Trinajstić information content (AvgIpc) is 2.18. The van der Waals surface area contributed by atoms with Gasteiger partial charge in [0.15, 0.2) is 0 Å². The van der Waals surface area contributed by atoms with Crippen LogP contribution in [0.2, 0.25) is 0 Å². The van der Waals surface area contributed by atoms with Crippen LogP contribution in [0.15, 0.2) is 12.2 Å². The van der Waals surface area contributed by atoms with Gasteiger partial charge in [0, 0.05) is 0 Å². The van der Waals surface area contributed by atoms with Crippen LogP contribution in [-0.2, 0) is 0 Å². The van der Waals surface area contributed by atoms with Gasteiger partial charge in [0.05, 0.1) is 6.10 Å². The van der Waals surface area contributed by atoms with E-state index < -0.39 is 11.7 Å². The van der Waals surface area contributed by atoms with E-state index in [1.54, 1.807) is 19.1 Å². The highest BCUT2D eigenvalue weighted by atomic mass is 16.3. The number of rotatable bonds is 3. The van der Waals surface area contributed by atoms with Gasteiger partial charge in [-0.3, -0.25) is 0 Å². The highest BCUT2D eigenvalue weighted by molar-refractivity contribution is 5.03. The highest BCUT2D eigenvalue weighted by Gasteiger charge is 2.34. The molecule has 0 heterocycles. The first-order valence-corrected chi connectivity index (χ1v) is 5.62. The fourth-order valence-corrected chi connectivity index (χ4v) is 2.36. The summed E-state index contributed by atoms with van der Waals surface area (Å²) in [7, 11) is 0. The summed E-state index contributed by atoms with van der Waals surface area (Å²) in [6.07, 6.45) is 8.62. The van der Waals surface area contributed by atoms with Gasteiger partial charge in [0.25, 0.3) is 0 Å². The van der Waals surface area contributed by atoms with Crippen molar-refractivity contribution in [3.05, 3.63) is 12.2 Å². The minimum Gasteiger partial charge on any atom is -0.390 e. The quantitative estimate of drug-likeness (QED) is 0.683. The van der Waals surface area contributed by atoms with Crippen LogP contribution >= 0.6 is 0 Å². The fourth-order valence-electron chi connectivity index (χ4n) is 2.36. The lowest BCUT2D eigenvalue weighted by Gasteiger charge is -2.34. The second kappa shape index (κ2) is 4.94. The molecular formula is C12H22O2. The second-order valence-electron chi connectivity index (χ2n) is 4.57. The maximum absolute atomic E-state index is 10.0. The van der Waals surface area contributed by atoms with Gasteiger partial charge in [0.2, 0.25) is 0 Å². The molecule has 0 aromatic rings. The molecule has 2 nitrogen and oxygen atoms in total. The molecule has 0 aromatic heterocycles. The number of aliphatic hydroxyl groups excluding tert-OH is 1. The van der Waals surface area contributed by atoms with Gasteiger partial charge >= 0.3 is 0 Å². The molecular weight excluding hydrogens is 176 g/mol. The zero-order valence-corrected chi connectivity index (χ0v) is 9.24. The van der Waals surface area contributed by atoms with Crippen molar-refractivity contribution in [3.63, 3.8) is 0 Å². The van der Waals surface area contributed by atoms with E-state index in [4.69, 9.17) is 0 Å². The lowest BCUT2D eigenvalue weighted by atomic mass is 9.79.